The van der Waals surface area contributed by atoms with Crippen LogP contribution in [0.3, 0.4) is 0 Å². The average Bonchev–Trinajstić information content (AvgIpc) is 2.73. The van der Waals surface area contributed by atoms with Crippen molar-refractivity contribution in [2.24, 2.45) is 5.92 Å². The molecule has 1 N–H and O–H groups in total. The monoisotopic (exact) mass is 500 g/mol. The number of rotatable bonds is 10. The highest BCUT2D eigenvalue weighted by atomic mass is 35.5. The van der Waals surface area contributed by atoms with Crippen LogP contribution in [-0.4, -0.2) is 35.1 Å². The van der Waals surface area contributed by atoms with Crippen molar-refractivity contribution in [3.63, 3.8) is 0 Å². The van der Waals surface area contributed by atoms with Crippen molar-refractivity contribution in [1.82, 2.24) is 10.2 Å². The van der Waals surface area contributed by atoms with E-state index in [1.54, 1.807) is 35.2 Å². The first-order valence-corrected chi connectivity index (χ1v) is 12.2. The molecule has 2 aromatic rings. The van der Waals surface area contributed by atoms with Crippen LogP contribution in [0.1, 0.15) is 32.8 Å². The van der Waals surface area contributed by atoms with Gasteiger partial charge in [-0.1, -0.05) is 61.6 Å². The van der Waals surface area contributed by atoms with Gasteiger partial charge in [0.25, 0.3) is 0 Å². The highest BCUT2D eigenvalue weighted by Crippen LogP contribution is 2.25. The molecule has 0 aliphatic rings. The summed E-state index contributed by atoms with van der Waals surface area (Å²) < 4.78 is 0. The molecule has 0 fully saturated rings. The van der Waals surface area contributed by atoms with Crippen molar-refractivity contribution in [2.75, 3.05) is 12.3 Å². The van der Waals surface area contributed by atoms with Gasteiger partial charge < -0.3 is 10.2 Å². The fourth-order valence-corrected chi connectivity index (χ4v) is 4.31. The van der Waals surface area contributed by atoms with Gasteiger partial charge in [-0.15, -0.1) is 11.8 Å². The Morgan fingerprint density at radius 3 is 2.26 bits per heavy atom. The lowest BCUT2D eigenvalue weighted by Gasteiger charge is -2.31. The Balaban J connectivity index is 2.22. The van der Waals surface area contributed by atoms with Crippen molar-refractivity contribution in [3.05, 3.63) is 63.1 Å². The molecular weight excluding hydrogens is 475 g/mol. The lowest BCUT2D eigenvalue weighted by Crippen LogP contribution is -2.50. The number of nitrogens with zero attached hydrogens (tertiary/aromatic N) is 1. The van der Waals surface area contributed by atoms with E-state index >= 15 is 0 Å². The third kappa shape index (κ3) is 8.23. The number of hydrogen-bond donors (Lipinski definition) is 1. The second kappa shape index (κ2) is 12.6. The maximum atomic E-state index is 13.2. The zero-order chi connectivity index (χ0) is 23.0. The van der Waals surface area contributed by atoms with Gasteiger partial charge in [0.05, 0.1) is 5.75 Å². The molecule has 0 saturated heterocycles. The molecule has 1 unspecified atom stereocenters. The molecule has 0 bridgehead atoms. The maximum Gasteiger partial charge on any atom is 0.242 e. The molecule has 0 aromatic heterocycles. The van der Waals surface area contributed by atoms with Gasteiger partial charge >= 0.3 is 0 Å². The summed E-state index contributed by atoms with van der Waals surface area (Å²) >= 11 is 19.7. The van der Waals surface area contributed by atoms with Crippen LogP contribution in [0.4, 0.5) is 0 Å². The van der Waals surface area contributed by atoms with Crippen molar-refractivity contribution in [2.45, 2.75) is 44.7 Å². The molecule has 0 aliphatic heterocycles. The summed E-state index contributed by atoms with van der Waals surface area (Å²) in [7, 11) is 0. The van der Waals surface area contributed by atoms with E-state index in [4.69, 9.17) is 34.8 Å². The smallest absolute Gasteiger partial charge is 0.242 e. The Morgan fingerprint density at radius 2 is 1.68 bits per heavy atom. The number of halogens is 3. The molecule has 8 heteroatoms. The Morgan fingerprint density at radius 1 is 1.03 bits per heavy atom. The number of amides is 2. The molecule has 2 rings (SSSR count). The van der Waals surface area contributed by atoms with Gasteiger partial charge in [0.1, 0.15) is 6.04 Å². The summed E-state index contributed by atoms with van der Waals surface area (Å²) in [4.78, 5) is 28.7. The van der Waals surface area contributed by atoms with Crippen LogP contribution in [-0.2, 0) is 16.1 Å². The normalized spacial score (nSPS) is 12.0. The quantitative estimate of drug-likeness (QED) is 0.388. The Bertz CT molecular complexity index is 891. The lowest BCUT2D eigenvalue weighted by molar-refractivity contribution is -0.139. The van der Waals surface area contributed by atoms with Crippen LogP contribution < -0.4 is 5.32 Å². The van der Waals surface area contributed by atoms with Crippen LogP contribution in [0.5, 0.6) is 0 Å². The van der Waals surface area contributed by atoms with Crippen LogP contribution in [0, 0.1) is 5.92 Å². The largest absolute Gasteiger partial charge is 0.354 e. The third-order valence-corrected chi connectivity index (χ3v) is 6.44. The molecule has 4 nitrogen and oxygen atoms in total. The fourth-order valence-electron chi connectivity index (χ4n) is 2.93. The number of nitrogens with one attached hydrogen (secondary N) is 1. The molecule has 2 aromatic carbocycles. The van der Waals surface area contributed by atoms with Gasteiger partial charge in [-0.25, -0.2) is 0 Å². The minimum atomic E-state index is -0.594. The highest BCUT2D eigenvalue weighted by molar-refractivity contribution is 8.00. The summed E-state index contributed by atoms with van der Waals surface area (Å²) in [6, 6.07) is 11.9. The van der Waals surface area contributed by atoms with Crippen LogP contribution in [0.2, 0.25) is 15.1 Å². The third-order valence-electron chi connectivity index (χ3n) is 4.60. The first-order valence-electron chi connectivity index (χ1n) is 10.1. The predicted molar refractivity (Wildman–Crippen MR) is 131 cm³/mol. The van der Waals surface area contributed by atoms with E-state index in [-0.39, 0.29) is 24.1 Å². The first-order chi connectivity index (χ1) is 14.7. The average molecular weight is 502 g/mol. The molecular formula is C23H27Cl3N2O2S. The Hall–Kier alpha value is -1.40. The Labute approximate surface area is 203 Å². The van der Waals surface area contributed by atoms with E-state index in [1.807, 2.05) is 32.9 Å². The van der Waals surface area contributed by atoms with Gasteiger partial charge in [0.15, 0.2) is 0 Å². The summed E-state index contributed by atoms with van der Waals surface area (Å²) in [5, 5.41) is 4.58. The van der Waals surface area contributed by atoms with Crippen LogP contribution in [0.25, 0.3) is 0 Å². The molecule has 1 atom stereocenters. The lowest BCUT2D eigenvalue weighted by atomic mass is 10.1. The zero-order valence-electron chi connectivity index (χ0n) is 17.8. The first kappa shape index (κ1) is 25.9. The van der Waals surface area contributed by atoms with E-state index in [0.29, 0.717) is 34.0 Å². The predicted octanol–water partition coefficient (Wildman–Crippen LogP) is 6.32. The summed E-state index contributed by atoms with van der Waals surface area (Å²) in [6.45, 7) is 6.73. The number of benzene rings is 2. The molecule has 0 heterocycles. The van der Waals surface area contributed by atoms with Crippen molar-refractivity contribution in [3.8, 4) is 0 Å². The van der Waals surface area contributed by atoms with E-state index in [0.717, 1.165) is 10.5 Å². The summed E-state index contributed by atoms with van der Waals surface area (Å²) in [6.07, 6.45) is 0.493. The maximum absolute atomic E-state index is 13.2. The standard InChI is InChI=1S/C23H27Cl3N2O2S/c1-4-21(23(30)27-12-15(2)3)28(13-16-5-6-18(25)11-20(16)26)22(29)14-31-19-9-7-17(24)8-10-19/h5-11,15,21H,4,12-14H2,1-3H3,(H,27,30). The van der Waals surface area contributed by atoms with E-state index in [9.17, 15) is 9.59 Å². The Kier molecular flexibility index (Phi) is 10.5. The van der Waals surface area contributed by atoms with Crippen molar-refractivity contribution >= 4 is 58.4 Å². The second-order valence-corrected chi connectivity index (χ2v) is 9.89. The van der Waals surface area contributed by atoms with Crippen molar-refractivity contribution in [1.29, 1.82) is 0 Å². The van der Waals surface area contributed by atoms with Crippen LogP contribution >= 0.6 is 46.6 Å². The summed E-state index contributed by atoms with van der Waals surface area (Å²) in [5.41, 5.74) is 0.742. The van der Waals surface area contributed by atoms with Gasteiger partial charge in [-0.3, -0.25) is 9.59 Å². The SMILES string of the molecule is CCC(C(=O)NCC(C)C)N(Cc1ccc(Cl)cc1Cl)C(=O)CSc1ccc(Cl)cc1. The molecule has 0 spiro atoms. The minimum absolute atomic E-state index is 0.141. The minimum Gasteiger partial charge on any atom is -0.354 e. The van der Waals surface area contributed by atoms with E-state index < -0.39 is 6.04 Å². The molecule has 2 amide bonds. The number of carbonyl (C=O) groups is 2. The van der Waals surface area contributed by atoms with Gasteiger partial charge in [0.2, 0.25) is 11.8 Å². The fraction of sp³-hybridized carbons (Fsp3) is 0.391. The number of hydrogen-bond acceptors (Lipinski definition) is 3. The van der Waals surface area contributed by atoms with E-state index in [2.05, 4.69) is 5.32 Å². The summed E-state index contributed by atoms with van der Waals surface area (Å²) in [5.74, 6) is 0.210. The van der Waals surface area contributed by atoms with Crippen LogP contribution in [0.15, 0.2) is 47.4 Å². The topological polar surface area (TPSA) is 49.4 Å². The number of carbonyl (C=O) groups excluding carboxylic acids is 2. The number of thioether (sulfide) groups is 1. The zero-order valence-corrected chi connectivity index (χ0v) is 20.9. The molecule has 168 valence electrons. The molecule has 31 heavy (non-hydrogen) atoms. The second-order valence-electron chi connectivity index (χ2n) is 7.56. The van der Waals surface area contributed by atoms with Gasteiger partial charge in [-0.2, -0.15) is 0 Å². The van der Waals surface area contributed by atoms with Crippen molar-refractivity contribution < 1.29 is 9.59 Å². The molecule has 0 saturated carbocycles. The molecule has 0 radical (unpaired) electrons. The van der Waals surface area contributed by atoms with Gasteiger partial charge in [-0.05, 0) is 54.3 Å². The van der Waals surface area contributed by atoms with E-state index in [1.165, 1.54) is 11.8 Å². The van der Waals surface area contributed by atoms with Gasteiger partial charge in [0, 0.05) is 33.1 Å². The molecule has 0 aliphatic carbocycles. The highest BCUT2D eigenvalue weighted by Gasteiger charge is 2.29.